The van der Waals surface area contributed by atoms with Crippen LogP contribution in [0, 0.1) is 0 Å². The van der Waals surface area contributed by atoms with E-state index in [1.807, 2.05) is 24.3 Å². The number of rotatable bonds is 4. The molecule has 0 N–H and O–H groups in total. The van der Waals surface area contributed by atoms with Crippen molar-refractivity contribution < 1.29 is 9.53 Å². The van der Waals surface area contributed by atoms with Gasteiger partial charge in [-0.05, 0) is 30.8 Å². The Kier molecular flexibility index (Phi) is 4.81. The summed E-state index contributed by atoms with van der Waals surface area (Å²) in [5, 5.41) is 0. The zero-order chi connectivity index (χ0) is 18.8. The number of carbonyl (C=O) groups excluding carboxylic acids is 1. The molecule has 0 saturated carbocycles. The molecule has 6 nitrogen and oxygen atoms in total. The molecule has 2 heterocycles. The number of likely N-dealkylation sites (N-methyl/N-ethyl adjacent to an activating group) is 1. The summed E-state index contributed by atoms with van der Waals surface area (Å²) in [4.78, 5) is 21.5. The zero-order valence-electron chi connectivity index (χ0n) is 15.8. The third kappa shape index (κ3) is 3.53. The molecule has 140 valence electrons. The van der Waals surface area contributed by atoms with Crippen molar-refractivity contribution in [3.63, 3.8) is 0 Å². The van der Waals surface area contributed by atoms with E-state index in [2.05, 4.69) is 45.7 Å². The molecule has 0 radical (unpaired) electrons. The summed E-state index contributed by atoms with van der Waals surface area (Å²) in [6.45, 7) is 4.66. The number of methoxy groups -OCH3 is 1. The average molecular weight is 364 g/mol. The van der Waals surface area contributed by atoms with Gasteiger partial charge in [0.05, 0.1) is 30.3 Å². The van der Waals surface area contributed by atoms with Gasteiger partial charge in [0, 0.05) is 26.2 Å². The van der Waals surface area contributed by atoms with Crippen LogP contribution in [0.4, 0.5) is 5.95 Å². The van der Waals surface area contributed by atoms with E-state index in [9.17, 15) is 4.79 Å². The molecule has 2 aromatic carbocycles. The second kappa shape index (κ2) is 7.40. The molecule has 1 fully saturated rings. The molecule has 1 aliphatic heterocycles. The van der Waals surface area contributed by atoms with Gasteiger partial charge in [-0.3, -0.25) is 0 Å². The molecule has 0 spiro atoms. The van der Waals surface area contributed by atoms with Crippen molar-refractivity contribution in [2.45, 2.75) is 6.54 Å². The van der Waals surface area contributed by atoms with E-state index in [4.69, 9.17) is 9.72 Å². The fourth-order valence-corrected chi connectivity index (χ4v) is 3.53. The fraction of sp³-hybridized carbons (Fsp3) is 0.333. The Morgan fingerprint density at radius 3 is 2.52 bits per heavy atom. The predicted octanol–water partition coefficient (Wildman–Crippen LogP) is 2.62. The molecule has 1 saturated heterocycles. The minimum absolute atomic E-state index is 0.337. The topological polar surface area (TPSA) is 50.6 Å². The van der Waals surface area contributed by atoms with E-state index in [0.717, 1.165) is 49.7 Å². The number of fused-ring (bicyclic) bond motifs is 1. The van der Waals surface area contributed by atoms with Crippen LogP contribution in [0.3, 0.4) is 0 Å². The lowest BCUT2D eigenvalue weighted by Gasteiger charge is -2.33. The largest absolute Gasteiger partial charge is 0.465 e. The number of hydrogen-bond acceptors (Lipinski definition) is 5. The van der Waals surface area contributed by atoms with Crippen LogP contribution in [-0.4, -0.2) is 60.8 Å². The highest BCUT2D eigenvalue weighted by atomic mass is 16.5. The number of hydrogen-bond donors (Lipinski definition) is 0. The van der Waals surface area contributed by atoms with Gasteiger partial charge in [0.1, 0.15) is 0 Å². The Morgan fingerprint density at radius 2 is 1.81 bits per heavy atom. The van der Waals surface area contributed by atoms with Crippen molar-refractivity contribution in [3.05, 3.63) is 59.7 Å². The number of benzene rings is 2. The number of imidazole rings is 1. The minimum atomic E-state index is -0.337. The van der Waals surface area contributed by atoms with Crippen LogP contribution in [-0.2, 0) is 11.3 Å². The first-order chi connectivity index (χ1) is 13.2. The van der Waals surface area contributed by atoms with Crippen molar-refractivity contribution in [2.75, 3.05) is 45.2 Å². The second-order valence-electron chi connectivity index (χ2n) is 6.97. The highest BCUT2D eigenvalue weighted by Gasteiger charge is 2.21. The van der Waals surface area contributed by atoms with E-state index in [1.54, 1.807) is 0 Å². The Bertz CT molecular complexity index is 943. The van der Waals surface area contributed by atoms with Gasteiger partial charge in [-0.15, -0.1) is 0 Å². The van der Waals surface area contributed by atoms with Gasteiger partial charge in [-0.25, -0.2) is 9.78 Å². The van der Waals surface area contributed by atoms with Crippen LogP contribution in [0.1, 0.15) is 15.9 Å². The van der Waals surface area contributed by atoms with Gasteiger partial charge >= 0.3 is 5.97 Å². The third-order valence-corrected chi connectivity index (χ3v) is 5.12. The van der Waals surface area contributed by atoms with E-state index < -0.39 is 0 Å². The van der Waals surface area contributed by atoms with Gasteiger partial charge in [-0.2, -0.15) is 0 Å². The van der Waals surface area contributed by atoms with E-state index in [0.29, 0.717) is 5.56 Å². The summed E-state index contributed by atoms with van der Waals surface area (Å²) in [6.07, 6.45) is 0. The van der Waals surface area contributed by atoms with Gasteiger partial charge in [0.2, 0.25) is 5.95 Å². The molecule has 4 rings (SSSR count). The number of piperazine rings is 1. The highest BCUT2D eigenvalue weighted by Crippen LogP contribution is 2.26. The van der Waals surface area contributed by atoms with Gasteiger partial charge < -0.3 is 19.1 Å². The second-order valence-corrected chi connectivity index (χ2v) is 6.97. The maximum absolute atomic E-state index is 11.9. The predicted molar refractivity (Wildman–Crippen MR) is 106 cm³/mol. The third-order valence-electron chi connectivity index (χ3n) is 5.12. The molecule has 1 aliphatic rings. The normalized spacial score (nSPS) is 15.3. The lowest BCUT2D eigenvalue weighted by molar-refractivity contribution is 0.0601. The smallest absolute Gasteiger partial charge is 0.337 e. The minimum Gasteiger partial charge on any atom is -0.465 e. The molecule has 0 bridgehead atoms. The summed E-state index contributed by atoms with van der Waals surface area (Å²) >= 11 is 0. The van der Waals surface area contributed by atoms with Crippen LogP contribution < -0.4 is 4.90 Å². The number of esters is 1. The lowest BCUT2D eigenvalue weighted by atomic mass is 10.2. The van der Waals surface area contributed by atoms with Crippen molar-refractivity contribution in [2.24, 2.45) is 0 Å². The van der Waals surface area contributed by atoms with Crippen LogP contribution in [0.15, 0.2) is 48.5 Å². The quantitative estimate of drug-likeness (QED) is 0.666. The summed E-state index contributed by atoms with van der Waals surface area (Å²) in [7, 11) is 3.54. The fourth-order valence-electron chi connectivity index (χ4n) is 3.53. The highest BCUT2D eigenvalue weighted by molar-refractivity contribution is 5.94. The van der Waals surface area contributed by atoms with Crippen LogP contribution in [0.2, 0.25) is 0 Å². The standard InChI is InChI=1S/C21H24N4O2/c1-23-10-12-24(13-11-23)21-22-18-14-17(20(26)27-2)8-9-19(18)25(21)15-16-6-4-3-5-7-16/h3-9,14H,10-13,15H2,1-2H3. The lowest BCUT2D eigenvalue weighted by Crippen LogP contribution is -2.45. The van der Waals surface area contributed by atoms with Crippen LogP contribution in [0.5, 0.6) is 0 Å². The molecule has 27 heavy (non-hydrogen) atoms. The molecule has 1 aromatic heterocycles. The number of ether oxygens (including phenoxy) is 1. The Labute approximate surface area is 159 Å². The SMILES string of the molecule is COC(=O)c1ccc2c(c1)nc(N1CCN(C)CC1)n2Cc1ccccc1. The first kappa shape index (κ1) is 17.5. The monoisotopic (exact) mass is 364 g/mol. The van der Waals surface area contributed by atoms with Gasteiger partial charge in [0.25, 0.3) is 0 Å². The average Bonchev–Trinajstić information content (AvgIpc) is 3.06. The van der Waals surface area contributed by atoms with Gasteiger partial charge in [-0.1, -0.05) is 30.3 Å². The molecular formula is C21H24N4O2. The van der Waals surface area contributed by atoms with Crippen molar-refractivity contribution in [1.82, 2.24) is 14.5 Å². The van der Waals surface area contributed by atoms with E-state index in [-0.39, 0.29) is 5.97 Å². The summed E-state index contributed by atoms with van der Waals surface area (Å²) in [6, 6.07) is 16.0. The summed E-state index contributed by atoms with van der Waals surface area (Å²) in [5.74, 6) is 0.625. The van der Waals surface area contributed by atoms with E-state index in [1.165, 1.54) is 12.7 Å². The van der Waals surface area contributed by atoms with E-state index >= 15 is 0 Å². The Hall–Kier alpha value is -2.86. The summed E-state index contributed by atoms with van der Waals surface area (Å²) < 4.78 is 7.10. The van der Waals surface area contributed by atoms with Crippen LogP contribution >= 0.6 is 0 Å². The van der Waals surface area contributed by atoms with Crippen LogP contribution in [0.25, 0.3) is 11.0 Å². The first-order valence-corrected chi connectivity index (χ1v) is 9.22. The van der Waals surface area contributed by atoms with Crippen molar-refractivity contribution in [1.29, 1.82) is 0 Å². The first-order valence-electron chi connectivity index (χ1n) is 9.22. The molecule has 0 aliphatic carbocycles. The number of anilines is 1. The maximum atomic E-state index is 11.9. The zero-order valence-corrected chi connectivity index (χ0v) is 15.8. The summed E-state index contributed by atoms with van der Waals surface area (Å²) in [5.41, 5.74) is 3.60. The molecular weight excluding hydrogens is 340 g/mol. The molecule has 6 heteroatoms. The molecule has 0 amide bonds. The number of aromatic nitrogens is 2. The van der Waals surface area contributed by atoms with Crippen molar-refractivity contribution in [3.8, 4) is 0 Å². The number of carbonyl (C=O) groups is 1. The Balaban J connectivity index is 1.78. The molecule has 3 aromatic rings. The Morgan fingerprint density at radius 1 is 1.07 bits per heavy atom. The van der Waals surface area contributed by atoms with Gasteiger partial charge in [0.15, 0.2) is 0 Å². The molecule has 0 unspecified atom stereocenters. The number of nitrogens with zero attached hydrogens (tertiary/aromatic N) is 4. The molecule has 0 atom stereocenters. The maximum Gasteiger partial charge on any atom is 0.337 e. The van der Waals surface area contributed by atoms with Crippen molar-refractivity contribution >= 4 is 23.0 Å².